The van der Waals surface area contributed by atoms with Crippen molar-refractivity contribution in [2.24, 2.45) is 0 Å². The number of aryl methyl sites for hydroxylation is 1. The van der Waals surface area contributed by atoms with E-state index in [-0.39, 0.29) is 0 Å². The van der Waals surface area contributed by atoms with Crippen LogP contribution in [0.15, 0.2) is 34.7 Å². The first kappa shape index (κ1) is 13.7. The summed E-state index contributed by atoms with van der Waals surface area (Å²) < 4.78 is 5.32. The van der Waals surface area contributed by atoms with E-state index in [1.807, 2.05) is 37.4 Å². The standard InChI is InChI=1S/C14H19N3O2/c1-11-15-16-14(19-11)10-17(2)9-8-13(18)12-6-4-3-5-7-12/h3-7,13,18H,8-10H2,1-2H3/t13-/m0/s1. The molecule has 19 heavy (non-hydrogen) atoms. The lowest BCUT2D eigenvalue weighted by Gasteiger charge is -2.17. The molecule has 102 valence electrons. The number of hydrogen-bond acceptors (Lipinski definition) is 5. The molecule has 5 heteroatoms. The van der Waals surface area contributed by atoms with Crippen LogP contribution in [0.5, 0.6) is 0 Å². The summed E-state index contributed by atoms with van der Waals surface area (Å²) in [6, 6.07) is 9.69. The molecule has 0 aliphatic heterocycles. The van der Waals surface area contributed by atoms with Crippen molar-refractivity contribution in [1.29, 1.82) is 0 Å². The highest BCUT2D eigenvalue weighted by Crippen LogP contribution is 2.16. The largest absolute Gasteiger partial charge is 0.424 e. The fraction of sp³-hybridized carbons (Fsp3) is 0.429. The number of benzene rings is 1. The Morgan fingerprint density at radius 3 is 2.63 bits per heavy atom. The summed E-state index contributed by atoms with van der Waals surface area (Å²) in [6.45, 7) is 3.13. The minimum Gasteiger partial charge on any atom is -0.424 e. The summed E-state index contributed by atoms with van der Waals surface area (Å²) >= 11 is 0. The normalized spacial score (nSPS) is 12.8. The molecule has 0 spiro atoms. The molecule has 1 N–H and O–H groups in total. The molecule has 0 saturated carbocycles. The number of hydrogen-bond donors (Lipinski definition) is 1. The maximum Gasteiger partial charge on any atom is 0.230 e. The SMILES string of the molecule is Cc1nnc(CN(C)CC[C@H](O)c2ccccc2)o1. The molecular formula is C14H19N3O2. The third-order valence-electron chi connectivity index (χ3n) is 2.94. The zero-order chi connectivity index (χ0) is 13.7. The first-order valence-electron chi connectivity index (χ1n) is 6.35. The van der Waals surface area contributed by atoms with Gasteiger partial charge in [0.25, 0.3) is 0 Å². The second-order valence-electron chi connectivity index (χ2n) is 4.67. The first-order chi connectivity index (χ1) is 9.15. The Morgan fingerprint density at radius 2 is 2.00 bits per heavy atom. The predicted octanol–water partition coefficient (Wildman–Crippen LogP) is 1.93. The van der Waals surface area contributed by atoms with Crippen molar-refractivity contribution in [3.63, 3.8) is 0 Å². The molecule has 2 aromatic rings. The van der Waals surface area contributed by atoms with Gasteiger partial charge >= 0.3 is 0 Å². The van der Waals surface area contributed by atoms with Gasteiger partial charge in [-0.25, -0.2) is 0 Å². The summed E-state index contributed by atoms with van der Waals surface area (Å²) in [5.41, 5.74) is 0.949. The van der Waals surface area contributed by atoms with Crippen LogP contribution >= 0.6 is 0 Å². The molecule has 0 bridgehead atoms. The van der Waals surface area contributed by atoms with E-state index in [4.69, 9.17) is 4.42 Å². The lowest BCUT2D eigenvalue weighted by molar-refractivity contribution is 0.145. The highest BCUT2D eigenvalue weighted by atomic mass is 16.4. The lowest BCUT2D eigenvalue weighted by Crippen LogP contribution is -2.21. The van der Waals surface area contributed by atoms with Gasteiger partial charge < -0.3 is 9.52 Å². The number of nitrogens with zero attached hydrogens (tertiary/aromatic N) is 3. The van der Waals surface area contributed by atoms with Crippen LogP contribution in [-0.2, 0) is 6.54 Å². The summed E-state index contributed by atoms with van der Waals surface area (Å²) in [6.07, 6.45) is 0.237. The molecule has 0 aliphatic carbocycles. The molecule has 2 rings (SSSR count). The Balaban J connectivity index is 1.79. The smallest absolute Gasteiger partial charge is 0.230 e. The minimum absolute atomic E-state index is 0.437. The van der Waals surface area contributed by atoms with Crippen molar-refractivity contribution in [1.82, 2.24) is 15.1 Å². The van der Waals surface area contributed by atoms with E-state index in [2.05, 4.69) is 15.1 Å². The van der Waals surface area contributed by atoms with Crippen LogP contribution in [0.2, 0.25) is 0 Å². The summed E-state index contributed by atoms with van der Waals surface area (Å²) in [5.74, 6) is 1.18. The zero-order valence-corrected chi connectivity index (χ0v) is 11.3. The average Bonchev–Trinajstić information content (AvgIpc) is 2.82. The summed E-state index contributed by atoms with van der Waals surface area (Å²) in [5, 5.41) is 17.8. The number of rotatable bonds is 6. The lowest BCUT2D eigenvalue weighted by atomic mass is 10.1. The van der Waals surface area contributed by atoms with E-state index in [1.54, 1.807) is 6.92 Å². The van der Waals surface area contributed by atoms with Gasteiger partial charge in [-0.3, -0.25) is 4.90 Å². The molecule has 1 aromatic carbocycles. The molecular weight excluding hydrogens is 242 g/mol. The molecule has 0 radical (unpaired) electrons. The molecule has 1 aromatic heterocycles. The summed E-state index contributed by atoms with van der Waals surface area (Å²) in [4.78, 5) is 2.05. The first-order valence-corrected chi connectivity index (χ1v) is 6.35. The van der Waals surface area contributed by atoms with Crippen LogP contribution in [0, 0.1) is 6.92 Å². The molecule has 0 saturated heterocycles. The van der Waals surface area contributed by atoms with Gasteiger partial charge in [-0.1, -0.05) is 30.3 Å². The van der Waals surface area contributed by atoms with Crippen LogP contribution in [0.3, 0.4) is 0 Å². The van der Waals surface area contributed by atoms with Crippen LogP contribution in [-0.4, -0.2) is 33.8 Å². The number of aliphatic hydroxyl groups excluding tert-OH is 1. The Kier molecular flexibility index (Phi) is 4.65. The molecule has 0 unspecified atom stereocenters. The van der Waals surface area contributed by atoms with Crippen LogP contribution in [0.25, 0.3) is 0 Å². The van der Waals surface area contributed by atoms with E-state index >= 15 is 0 Å². The van der Waals surface area contributed by atoms with Gasteiger partial charge in [0.15, 0.2) is 0 Å². The van der Waals surface area contributed by atoms with Crippen molar-refractivity contribution >= 4 is 0 Å². The van der Waals surface area contributed by atoms with Gasteiger partial charge in [-0.15, -0.1) is 10.2 Å². The molecule has 0 aliphatic rings. The zero-order valence-electron chi connectivity index (χ0n) is 11.3. The van der Waals surface area contributed by atoms with Crippen LogP contribution in [0.4, 0.5) is 0 Å². The third kappa shape index (κ3) is 4.15. The summed E-state index contributed by atoms with van der Waals surface area (Å²) in [7, 11) is 1.97. The van der Waals surface area contributed by atoms with Crippen molar-refractivity contribution in [2.75, 3.05) is 13.6 Å². The molecule has 5 nitrogen and oxygen atoms in total. The van der Waals surface area contributed by atoms with Crippen molar-refractivity contribution in [2.45, 2.75) is 26.0 Å². The van der Waals surface area contributed by atoms with Crippen LogP contribution < -0.4 is 0 Å². The van der Waals surface area contributed by atoms with Crippen molar-refractivity contribution in [3.8, 4) is 0 Å². The Labute approximate surface area is 112 Å². The van der Waals surface area contributed by atoms with E-state index < -0.39 is 6.10 Å². The average molecular weight is 261 g/mol. The van der Waals surface area contributed by atoms with Gasteiger partial charge in [0, 0.05) is 13.5 Å². The Hall–Kier alpha value is -1.72. The maximum absolute atomic E-state index is 10.1. The van der Waals surface area contributed by atoms with Crippen molar-refractivity contribution in [3.05, 3.63) is 47.7 Å². The fourth-order valence-electron chi connectivity index (χ4n) is 1.90. The third-order valence-corrected chi connectivity index (χ3v) is 2.94. The predicted molar refractivity (Wildman–Crippen MR) is 71.4 cm³/mol. The Morgan fingerprint density at radius 1 is 1.26 bits per heavy atom. The van der Waals surface area contributed by atoms with Gasteiger partial charge in [-0.05, 0) is 19.0 Å². The highest BCUT2D eigenvalue weighted by molar-refractivity contribution is 5.17. The van der Waals surface area contributed by atoms with E-state index in [1.165, 1.54) is 0 Å². The van der Waals surface area contributed by atoms with Gasteiger partial charge in [0.2, 0.25) is 11.8 Å². The highest BCUT2D eigenvalue weighted by Gasteiger charge is 2.10. The van der Waals surface area contributed by atoms with Crippen LogP contribution in [0.1, 0.15) is 29.9 Å². The molecule has 1 heterocycles. The second-order valence-corrected chi connectivity index (χ2v) is 4.67. The molecule has 0 fully saturated rings. The van der Waals surface area contributed by atoms with Gasteiger partial charge in [0.05, 0.1) is 12.6 Å². The molecule has 1 atom stereocenters. The van der Waals surface area contributed by atoms with E-state index in [9.17, 15) is 5.11 Å². The Bertz CT molecular complexity index is 498. The quantitative estimate of drug-likeness (QED) is 0.861. The van der Waals surface area contributed by atoms with Gasteiger partial charge in [0.1, 0.15) is 0 Å². The van der Waals surface area contributed by atoms with Gasteiger partial charge in [-0.2, -0.15) is 0 Å². The monoisotopic (exact) mass is 261 g/mol. The fourth-order valence-corrected chi connectivity index (χ4v) is 1.90. The number of aromatic nitrogens is 2. The maximum atomic E-state index is 10.1. The topological polar surface area (TPSA) is 62.4 Å². The van der Waals surface area contributed by atoms with E-state index in [0.717, 1.165) is 12.1 Å². The van der Waals surface area contributed by atoms with E-state index in [0.29, 0.717) is 24.7 Å². The molecule has 0 amide bonds. The second kappa shape index (κ2) is 6.45. The number of aliphatic hydroxyl groups is 1. The van der Waals surface area contributed by atoms with Crippen molar-refractivity contribution < 1.29 is 9.52 Å². The minimum atomic E-state index is -0.437.